The zero-order valence-corrected chi connectivity index (χ0v) is 44.9. The highest BCUT2D eigenvalue weighted by molar-refractivity contribution is 7.00. The van der Waals surface area contributed by atoms with Crippen molar-refractivity contribution >= 4 is 68.6 Å². The summed E-state index contributed by atoms with van der Waals surface area (Å²) in [6.45, 7) is 30.8. The van der Waals surface area contributed by atoms with E-state index < -0.39 is 5.54 Å². The maximum atomic E-state index is 2.81. The molecule has 3 heterocycles. The van der Waals surface area contributed by atoms with Gasteiger partial charge in [0, 0.05) is 50.8 Å². The molecule has 0 spiro atoms. The van der Waals surface area contributed by atoms with E-state index in [9.17, 15) is 0 Å². The third-order valence-corrected chi connectivity index (χ3v) is 17.5. The van der Waals surface area contributed by atoms with E-state index in [4.69, 9.17) is 0 Å². The van der Waals surface area contributed by atoms with Crippen LogP contribution in [0.3, 0.4) is 0 Å². The number of aryl methyl sites for hydroxylation is 3. The molecule has 1 aliphatic carbocycles. The van der Waals surface area contributed by atoms with Gasteiger partial charge in [0.05, 0.1) is 11.2 Å². The van der Waals surface area contributed by atoms with E-state index in [0.717, 1.165) is 12.8 Å². The minimum Gasteiger partial charge on any atom is -0.330 e. The molecule has 0 saturated carbocycles. The fraction of sp³-hybridized carbons (Fsp3) is 0.294. The lowest BCUT2D eigenvalue weighted by atomic mass is 9.33. The molecule has 3 nitrogen and oxygen atoms in total. The topological polar surface area (TPSA) is 9.72 Å². The van der Waals surface area contributed by atoms with Gasteiger partial charge in [-0.1, -0.05) is 190 Å². The van der Waals surface area contributed by atoms with E-state index in [-0.39, 0.29) is 28.4 Å². The van der Waals surface area contributed by atoms with Crippen LogP contribution < -0.4 is 31.1 Å². The zero-order valence-electron chi connectivity index (χ0n) is 44.9. The van der Waals surface area contributed by atoms with Crippen LogP contribution in [0.5, 0.6) is 0 Å². The molecule has 8 aromatic rings. The number of fused-ring (bicyclic) bond motifs is 9. The lowest BCUT2D eigenvalue weighted by Gasteiger charge is -2.52. The van der Waals surface area contributed by atoms with Gasteiger partial charge in [0.25, 0.3) is 6.71 Å². The van der Waals surface area contributed by atoms with E-state index in [2.05, 4.69) is 269 Å². The Morgan fingerprint density at radius 3 is 1.83 bits per heavy atom. The standard InChI is InChI=1S/C68H70BN3/c1-43-36-44(2)63-54(37-43)67(12)35-34-46-24-17-18-27-53(46)68(67,13)72(63)51-41-60-62-61(42-51)71(57-33-31-48(65(6,7)8)39-52(57)45-22-15-14-16-23-45)58-29-20-19-28-55(58)69(62)56-32-30-49(66(9,10)11)40-59(56)70(60)50-26-21-25-47(38-50)64(3,4)5/h14-33,36-42H,34-35H2,1-13H3. The monoisotopic (exact) mass is 940 g/mol. The fourth-order valence-corrected chi connectivity index (χ4v) is 13.4. The second-order valence-corrected chi connectivity index (χ2v) is 25.1. The van der Waals surface area contributed by atoms with Crippen LogP contribution in [0.4, 0.5) is 45.5 Å². The lowest BCUT2D eigenvalue weighted by Crippen LogP contribution is -2.61. The first-order valence-corrected chi connectivity index (χ1v) is 26.5. The Morgan fingerprint density at radius 1 is 0.472 bits per heavy atom. The van der Waals surface area contributed by atoms with Gasteiger partial charge in [-0.2, -0.15) is 0 Å². The third-order valence-electron chi connectivity index (χ3n) is 17.5. The van der Waals surface area contributed by atoms with E-state index in [1.807, 2.05) is 0 Å². The van der Waals surface area contributed by atoms with E-state index >= 15 is 0 Å². The van der Waals surface area contributed by atoms with Crippen molar-refractivity contribution in [2.45, 2.75) is 130 Å². The smallest absolute Gasteiger partial charge is 0.252 e. The summed E-state index contributed by atoms with van der Waals surface area (Å²) in [5, 5.41) is 0. The number of benzene rings is 8. The molecule has 0 saturated heterocycles. The van der Waals surface area contributed by atoms with Gasteiger partial charge < -0.3 is 14.7 Å². The summed E-state index contributed by atoms with van der Waals surface area (Å²) in [7, 11) is 0. The second-order valence-electron chi connectivity index (χ2n) is 25.1. The van der Waals surface area contributed by atoms with Crippen LogP contribution in [0.2, 0.25) is 0 Å². The molecule has 4 aliphatic rings. The average Bonchev–Trinajstić information content (AvgIpc) is 3.56. The van der Waals surface area contributed by atoms with Gasteiger partial charge in [0.2, 0.25) is 0 Å². The van der Waals surface area contributed by atoms with Gasteiger partial charge >= 0.3 is 0 Å². The molecule has 8 aromatic carbocycles. The van der Waals surface area contributed by atoms with E-state index in [1.54, 1.807) is 0 Å². The first-order chi connectivity index (χ1) is 34.2. The summed E-state index contributed by atoms with van der Waals surface area (Å²) in [5.74, 6) is 0. The SMILES string of the molecule is Cc1cc(C)c2c(c1)C1(C)CCc3ccccc3C1(C)N2c1cc2c3c(c1)N(c1ccc(C(C)(C)C)cc1-c1ccccc1)c1ccccc1B3c1ccc(C(C)(C)C)cc1N2c1cccc(C(C)(C)C)c1. The summed E-state index contributed by atoms with van der Waals surface area (Å²) >= 11 is 0. The van der Waals surface area contributed by atoms with Gasteiger partial charge in [-0.15, -0.1) is 0 Å². The van der Waals surface area contributed by atoms with Crippen molar-refractivity contribution in [1.82, 2.24) is 0 Å². The summed E-state index contributed by atoms with van der Waals surface area (Å²) < 4.78 is 0. The summed E-state index contributed by atoms with van der Waals surface area (Å²) in [6.07, 6.45) is 2.13. The number of rotatable bonds is 4. The first kappa shape index (κ1) is 46.3. The fourth-order valence-electron chi connectivity index (χ4n) is 13.4. The normalized spacial score (nSPS) is 18.8. The Bertz CT molecular complexity index is 3510. The quantitative estimate of drug-likeness (QED) is 0.163. The van der Waals surface area contributed by atoms with Crippen molar-refractivity contribution in [3.05, 3.63) is 208 Å². The van der Waals surface area contributed by atoms with Gasteiger partial charge in [0.15, 0.2) is 0 Å². The van der Waals surface area contributed by atoms with Crippen molar-refractivity contribution in [2.75, 3.05) is 14.7 Å². The van der Waals surface area contributed by atoms with Gasteiger partial charge in [0.1, 0.15) is 0 Å². The van der Waals surface area contributed by atoms with Crippen molar-refractivity contribution < 1.29 is 0 Å². The number of anilines is 8. The molecule has 2 unspecified atom stereocenters. The molecular formula is C68H70BN3. The van der Waals surface area contributed by atoms with Crippen molar-refractivity contribution in [3.8, 4) is 11.1 Å². The Morgan fingerprint density at radius 2 is 1.10 bits per heavy atom. The predicted molar refractivity (Wildman–Crippen MR) is 310 cm³/mol. The van der Waals surface area contributed by atoms with Crippen molar-refractivity contribution in [1.29, 1.82) is 0 Å². The molecular weight excluding hydrogens is 870 g/mol. The highest BCUT2D eigenvalue weighted by atomic mass is 15.3. The molecule has 0 amide bonds. The summed E-state index contributed by atoms with van der Waals surface area (Å²) in [5.41, 5.74) is 26.6. The minimum absolute atomic E-state index is 0.0110. The molecule has 72 heavy (non-hydrogen) atoms. The molecule has 0 aromatic heterocycles. The molecule has 0 N–H and O–H groups in total. The summed E-state index contributed by atoms with van der Waals surface area (Å²) in [6, 6.07) is 63.9. The second kappa shape index (κ2) is 15.9. The Labute approximate surface area is 430 Å². The lowest BCUT2D eigenvalue weighted by molar-refractivity contribution is 0.245. The summed E-state index contributed by atoms with van der Waals surface area (Å²) in [4.78, 5) is 8.11. The molecule has 0 bridgehead atoms. The van der Waals surface area contributed by atoms with Crippen LogP contribution in [-0.2, 0) is 33.6 Å². The maximum Gasteiger partial charge on any atom is 0.252 e. The molecule has 2 atom stereocenters. The molecule has 360 valence electrons. The van der Waals surface area contributed by atoms with Crippen LogP contribution in [0, 0.1) is 13.8 Å². The molecule has 3 aliphatic heterocycles. The van der Waals surface area contributed by atoms with Crippen LogP contribution in [-0.4, -0.2) is 6.71 Å². The van der Waals surface area contributed by atoms with E-state index in [1.165, 1.54) is 118 Å². The number of hydrogen-bond acceptors (Lipinski definition) is 3. The minimum atomic E-state index is -0.396. The number of nitrogens with zero attached hydrogens (tertiary/aromatic N) is 3. The van der Waals surface area contributed by atoms with Crippen molar-refractivity contribution in [2.24, 2.45) is 0 Å². The molecule has 0 radical (unpaired) electrons. The highest BCUT2D eigenvalue weighted by Crippen LogP contribution is 2.65. The highest BCUT2D eigenvalue weighted by Gasteiger charge is 2.61. The largest absolute Gasteiger partial charge is 0.330 e. The van der Waals surface area contributed by atoms with Crippen LogP contribution in [0.25, 0.3) is 11.1 Å². The average molecular weight is 940 g/mol. The first-order valence-electron chi connectivity index (χ1n) is 26.5. The van der Waals surface area contributed by atoms with Crippen LogP contribution >= 0.6 is 0 Å². The van der Waals surface area contributed by atoms with Gasteiger partial charge in [-0.3, -0.25) is 0 Å². The van der Waals surface area contributed by atoms with Gasteiger partial charge in [-0.05, 0) is 159 Å². The zero-order chi connectivity index (χ0) is 50.4. The maximum absolute atomic E-state index is 2.81. The Kier molecular flexibility index (Phi) is 10.2. The molecule has 0 fully saturated rings. The Hall–Kier alpha value is -6.78. The number of hydrogen-bond donors (Lipinski definition) is 0. The van der Waals surface area contributed by atoms with Crippen LogP contribution in [0.1, 0.15) is 127 Å². The molecule has 12 rings (SSSR count). The number of para-hydroxylation sites is 1. The third kappa shape index (κ3) is 6.77. The molecule has 4 heteroatoms. The van der Waals surface area contributed by atoms with E-state index in [0.29, 0.717) is 0 Å². The van der Waals surface area contributed by atoms with Gasteiger partial charge in [-0.25, -0.2) is 0 Å². The predicted octanol–water partition coefficient (Wildman–Crippen LogP) is 16.2. The van der Waals surface area contributed by atoms with Crippen molar-refractivity contribution in [3.63, 3.8) is 0 Å². The van der Waals surface area contributed by atoms with Crippen LogP contribution in [0.15, 0.2) is 164 Å². The Balaban J connectivity index is 1.25.